The molecule has 4 aliphatic heterocycles. The third kappa shape index (κ3) is 4.16. The van der Waals surface area contributed by atoms with Crippen molar-refractivity contribution in [2.24, 2.45) is 10.8 Å². The second kappa shape index (κ2) is 7.68. The maximum absolute atomic E-state index is 12.4. The van der Waals surface area contributed by atoms with Crippen LogP contribution in [0.1, 0.15) is 41.0 Å². The van der Waals surface area contributed by atoms with Gasteiger partial charge in [-0.1, -0.05) is 6.92 Å². The second-order valence-corrected chi connectivity index (χ2v) is 8.30. The Morgan fingerprint density at radius 3 is 1.76 bits per heavy atom. The summed E-state index contributed by atoms with van der Waals surface area (Å²) in [4.78, 5) is 24.6. The summed E-state index contributed by atoms with van der Waals surface area (Å²) in [6.07, 6.45) is 0.896. The van der Waals surface area contributed by atoms with Gasteiger partial charge in [-0.15, -0.1) is 0 Å². The van der Waals surface area contributed by atoms with E-state index in [1.54, 1.807) is 31.2 Å². The predicted octanol–water partition coefficient (Wildman–Crippen LogP) is 2.16. The van der Waals surface area contributed by atoms with E-state index >= 15 is 0 Å². The number of hydrogen-bond acceptors (Lipinski definition) is 8. The highest BCUT2D eigenvalue weighted by Crippen LogP contribution is 2.38. The summed E-state index contributed by atoms with van der Waals surface area (Å²) in [6.45, 7) is 6.69. The summed E-state index contributed by atoms with van der Waals surface area (Å²) in [6, 6.07) is 6.24. The number of carbonyl (C=O) groups is 2. The van der Waals surface area contributed by atoms with Gasteiger partial charge in [-0.25, -0.2) is 9.59 Å². The summed E-state index contributed by atoms with van der Waals surface area (Å²) >= 11 is 0. The van der Waals surface area contributed by atoms with Crippen molar-refractivity contribution in [1.29, 1.82) is 0 Å². The second-order valence-electron chi connectivity index (χ2n) is 8.30. The molecule has 0 aliphatic carbocycles. The fourth-order valence-corrected chi connectivity index (χ4v) is 3.35. The molecule has 0 atom stereocenters. The van der Waals surface area contributed by atoms with Gasteiger partial charge in [-0.05, 0) is 30.7 Å². The van der Waals surface area contributed by atoms with Crippen LogP contribution < -0.4 is 0 Å². The van der Waals surface area contributed by atoms with Gasteiger partial charge in [0.1, 0.15) is 13.2 Å². The quantitative estimate of drug-likeness (QED) is 0.637. The molecule has 0 saturated carbocycles. The topological polar surface area (TPSA) is 89.5 Å². The zero-order chi connectivity index (χ0) is 20.5. The van der Waals surface area contributed by atoms with Crippen LogP contribution in [0.5, 0.6) is 0 Å². The normalized spacial score (nSPS) is 29.7. The Kier molecular flexibility index (Phi) is 5.37. The third-order valence-electron chi connectivity index (χ3n) is 5.86. The van der Waals surface area contributed by atoms with Crippen LogP contribution in [0, 0.1) is 10.8 Å². The molecule has 29 heavy (non-hydrogen) atoms. The molecule has 4 fully saturated rings. The number of rotatable bonds is 7. The van der Waals surface area contributed by atoms with E-state index in [2.05, 4.69) is 6.92 Å². The van der Waals surface area contributed by atoms with Gasteiger partial charge in [0.05, 0.1) is 55.0 Å². The lowest BCUT2D eigenvalue weighted by molar-refractivity contribution is -0.461. The highest BCUT2D eigenvalue weighted by atomic mass is 16.9. The molecule has 8 nitrogen and oxygen atoms in total. The van der Waals surface area contributed by atoms with E-state index in [0.29, 0.717) is 50.8 Å². The van der Waals surface area contributed by atoms with Gasteiger partial charge in [0.15, 0.2) is 0 Å². The van der Waals surface area contributed by atoms with Crippen LogP contribution in [0.3, 0.4) is 0 Å². The van der Waals surface area contributed by atoms with Crippen molar-refractivity contribution < 1.29 is 38.0 Å². The molecule has 8 heteroatoms. The van der Waals surface area contributed by atoms with Crippen LogP contribution in [0.15, 0.2) is 24.3 Å². The van der Waals surface area contributed by atoms with E-state index in [1.165, 1.54) is 0 Å². The SMILES string of the molecule is CCC1(COC(=O)c2ccc(C(=O)OCC34COC(C)(OC3)OC4)cc2)COC1. The van der Waals surface area contributed by atoms with E-state index in [0.717, 1.165) is 6.42 Å². The number of carbonyl (C=O) groups excluding carboxylic acids is 2. The minimum absolute atomic E-state index is 0.0638. The maximum Gasteiger partial charge on any atom is 0.338 e. The molecular formula is C21H26O8. The fourth-order valence-electron chi connectivity index (χ4n) is 3.35. The molecule has 4 aliphatic rings. The molecule has 2 bridgehead atoms. The standard InChI is InChI=1S/C21H26O8/c1-3-20(8-24-9-20)10-25-17(22)15-4-6-16(7-5-15)18(23)26-11-21-12-27-19(2,28-13-21)29-14-21/h4-7H,3,8-14H2,1-2H3. The Morgan fingerprint density at radius 1 is 0.862 bits per heavy atom. The first-order valence-corrected chi connectivity index (χ1v) is 9.81. The van der Waals surface area contributed by atoms with Crippen molar-refractivity contribution in [2.45, 2.75) is 26.2 Å². The zero-order valence-electron chi connectivity index (χ0n) is 16.7. The monoisotopic (exact) mass is 406 g/mol. The van der Waals surface area contributed by atoms with Gasteiger partial charge >= 0.3 is 11.9 Å². The first-order valence-electron chi connectivity index (χ1n) is 9.81. The van der Waals surface area contributed by atoms with Gasteiger partial charge in [-0.3, -0.25) is 0 Å². The predicted molar refractivity (Wildman–Crippen MR) is 99.2 cm³/mol. The minimum atomic E-state index is -0.987. The van der Waals surface area contributed by atoms with Crippen molar-refractivity contribution in [3.63, 3.8) is 0 Å². The van der Waals surface area contributed by atoms with E-state index in [1.807, 2.05) is 0 Å². The molecule has 0 spiro atoms. The molecule has 0 unspecified atom stereocenters. The minimum Gasteiger partial charge on any atom is -0.461 e. The molecule has 0 aromatic heterocycles. The lowest BCUT2D eigenvalue weighted by Crippen LogP contribution is -2.60. The fraction of sp³-hybridized carbons (Fsp3) is 0.619. The maximum atomic E-state index is 12.4. The summed E-state index contributed by atoms with van der Waals surface area (Å²) < 4.78 is 32.6. The van der Waals surface area contributed by atoms with Crippen LogP contribution in [0.25, 0.3) is 0 Å². The number of benzene rings is 1. The number of esters is 2. The van der Waals surface area contributed by atoms with Crippen LogP contribution in [-0.2, 0) is 28.4 Å². The van der Waals surface area contributed by atoms with Gasteiger partial charge < -0.3 is 28.4 Å². The number of hydrogen-bond donors (Lipinski definition) is 0. The van der Waals surface area contributed by atoms with E-state index in [4.69, 9.17) is 28.4 Å². The molecule has 1 aromatic rings. The lowest BCUT2D eigenvalue weighted by Gasteiger charge is -2.49. The lowest BCUT2D eigenvalue weighted by atomic mass is 9.84. The molecule has 4 saturated heterocycles. The van der Waals surface area contributed by atoms with Crippen molar-refractivity contribution in [1.82, 2.24) is 0 Å². The highest BCUT2D eigenvalue weighted by Gasteiger charge is 2.50. The summed E-state index contributed by atoms with van der Waals surface area (Å²) in [5, 5.41) is 0. The molecule has 5 rings (SSSR count). The Hall–Kier alpha value is -2.00. The van der Waals surface area contributed by atoms with E-state index in [9.17, 15) is 9.59 Å². The van der Waals surface area contributed by atoms with Crippen LogP contribution in [0.4, 0.5) is 0 Å². The highest BCUT2D eigenvalue weighted by molar-refractivity contribution is 5.93. The van der Waals surface area contributed by atoms with Crippen molar-refractivity contribution >= 4 is 11.9 Å². The average molecular weight is 406 g/mol. The molecule has 0 N–H and O–H groups in total. The average Bonchev–Trinajstić information content (AvgIpc) is 2.73. The Labute approximate surface area is 169 Å². The van der Waals surface area contributed by atoms with Gasteiger partial charge in [0.25, 0.3) is 5.97 Å². The number of fused-ring (bicyclic) bond motifs is 3. The number of ether oxygens (including phenoxy) is 6. The van der Waals surface area contributed by atoms with Gasteiger partial charge in [0, 0.05) is 6.92 Å². The molecule has 0 amide bonds. The summed E-state index contributed by atoms with van der Waals surface area (Å²) in [7, 11) is 0. The first-order chi connectivity index (χ1) is 13.9. The van der Waals surface area contributed by atoms with E-state index < -0.39 is 23.3 Å². The first kappa shape index (κ1) is 20.3. The van der Waals surface area contributed by atoms with Gasteiger partial charge in [-0.2, -0.15) is 0 Å². The van der Waals surface area contributed by atoms with Crippen molar-refractivity contribution in [3.05, 3.63) is 35.4 Å². The Morgan fingerprint density at radius 2 is 1.34 bits per heavy atom. The largest absolute Gasteiger partial charge is 0.461 e. The molecule has 4 heterocycles. The van der Waals surface area contributed by atoms with E-state index in [-0.39, 0.29) is 12.0 Å². The smallest absolute Gasteiger partial charge is 0.338 e. The summed E-state index contributed by atoms with van der Waals surface area (Å²) in [5.41, 5.74) is 0.193. The van der Waals surface area contributed by atoms with Crippen LogP contribution in [0.2, 0.25) is 0 Å². The third-order valence-corrected chi connectivity index (χ3v) is 5.86. The Bertz CT molecular complexity index is 737. The zero-order valence-corrected chi connectivity index (χ0v) is 16.7. The Balaban J connectivity index is 1.28. The van der Waals surface area contributed by atoms with Crippen molar-refractivity contribution in [2.75, 3.05) is 46.2 Å². The molecule has 158 valence electrons. The van der Waals surface area contributed by atoms with Gasteiger partial charge in [0.2, 0.25) is 0 Å². The molecular weight excluding hydrogens is 380 g/mol. The molecule has 0 radical (unpaired) electrons. The van der Waals surface area contributed by atoms with Crippen LogP contribution >= 0.6 is 0 Å². The summed E-state index contributed by atoms with van der Waals surface area (Å²) in [5.74, 6) is -1.88. The van der Waals surface area contributed by atoms with Crippen LogP contribution in [-0.4, -0.2) is 64.2 Å². The molecule has 1 aromatic carbocycles. The van der Waals surface area contributed by atoms with Crippen molar-refractivity contribution in [3.8, 4) is 0 Å².